The molecule has 1 N–H and O–H groups in total. The quantitative estimate of drug-likeness (QED) is 0.727. The van der Waals surface area contributed by atoms with Gasteiger partial charge in [0.25, 0.3) is 10.0 Å². The van der Waals surface area contributed by atoms with Crippen molar-refractivity contribution < 1.29 is 8.42 Å². The molecule has 0 aliphatic carbocycles. The third-order valence-corrected chi connectivity index (χ3v) is 6.25. The summed E-state index contributed by atoms with van der Waals surface area (Å²) in [4.78, 5) is 5.05. The Morgan fingerprint density at radius 3 is 2.54 bits per heavy atom. The molecular weight excluding hydrogens is 366 g/mol. The van der Waals surface area contributed by atoms with Crippen molar-refractivity contribution in [2.24, 2.45) is 7.05 Å². The van der Waals surface area contributed by atoms with Crippen molar-refractivity contribution in [3.05, 3.63) is 65.9 Å². The van der Waals surface area contributed by atoms with Gasteiger partial charge in [-0.15, -0.1) is 0 Å². The fourth-order valence-corrected chi connectivity index (χ4v) is 4.61. The van der Waals surface area contributed by atoms with Crippen LogP contribution in [0.3, 0.4) is 0 Å². The number of sulfonamides is 1. The Balaban J connectivity index is 1.94. The summed E-state index contributed by atoms with van der Waals surface area (Å²) in [5, 5.41) is 0.943. The topological polar surface area (TPSA) is 64.0 Å². The van der Waals surface area contributed by atoms with Crippen molar-refractivity contribution in [2.45, 2.75) is 14.9 Å². The fraction of sp³-hybridized carbons (Fsp3) is 0.0625. The van der Waals surface area contributed by atoms with Gasteiger partial charge < -0.3 is 4.57 Å². The highest BCUT2D eigenvalue weighted by atomic mass is 35.5. The monoisotopic (exact) mass is 379 g/mol. The molecule has 3 aromatic rings. The first-order valence-corrected chi connectivity index (χ1v) is 9.67. The van der Waals surface area contributed by atoms with Gasteiger partial charge in [0.1, 0.15) is 4.90 Å². The zero-order valence-electron chi connectivity index (χ0n) is 12.7. The van der Waals surface area contributed by atoms with E-state index in [0.717, 1.165) is 10.1 Å². The highest BCUT2D eigenvalue weighted by molar-refractivity contribution is 7.99. The molecule has 0 amide bonds. The van der Waals surface area contributed by atoms with Gasteiger partial charge in [-0.05, 0) is 36.0 Å². The zero-order valence-corrected chi connectivity index (χ0v) is 15.1. The summed E-state index contributed by atoms with van der Waals surface area (Å²) in [5.41, 5.74) is 0.477. The minimum Gasteiger partial charge on any atom is -0.329 e. The summed E-state index contributed by atoms with van der Waals surface area (Å²) in [6, 6.07) is 13.5. The molecule has 0 saturated carbocycles. The number of nitrogens with one attached hydrogen (secondary N) is 1. The van der Waals surface area contributed by atoms with E-state index in [1.165, 1.54) is 17.8 Å². The Hall–Kier alpha value is -1.96. The second-order valence-electron chi connectivity index (χ2n) is 4.95. The van der Waals surface area contributed by atoms with Gasteiger partial charge in [0.15, 0.2) is 5.16 Å². The molecule has 0 unspecified atom stereocenters. The van der Waals surface area contributed by atoms with Crippen LogP contribution < -0.4 is 4.72 Å². The van der Waals surface area contributed by atoms with Crippen LogP contribution in [0, 0.1) is 0 Å². The molecular formula is C16H14ClN3O2S2. The lowest BCUT2D eigenvalue weighted by molar-refractivity contribution is 0.601. The van der Waals surface area contributed by atoms with Crippen molar-refractivity contribution in [3.8, 4) is 0 Å². The summed E-state index contributed by atoms with van der Waals surface area (Å²) in [6.45, 7) is 0. The predicted octanol–water partition coefficient (Wildman–Crippen LogP) is 4.03. The lowest BCUT2D eigenvalue weighted by atomic mass is 10.3. The molecule has 1 heterocycles. The number of para-hydroxylation sites is 1. The van der Waals surface area contributed by atoms with E-state index in [-0.39, 0.29) is 9.92 Å². The molecule has 5 nitrogen and oxygen atoms in total. The van der Waals surface area contributed by atoms with Crippen LogP contribution in [0.5, 0.6) is 0 Å². The van der Waals surface area contributed by atoms with Gasteiger partial charge in [0.2, 0.25) is 0 Å². The van der Waals surface area contributed by atoms with E-state index in [9.17, 15) is 8.42 Å². The van der Waals surface area contributed by atoms with Crippen LogP contribution >= 0.6 is 23.4 Å². The van der Waals surface area contributed by atoms with Gasteiger partial charge in [-0.3, -0.25) is 4.72 Å². The standard InChI is InChI=1S/C16H14ClN3O2S2/c1-20-11-10-18-16(20)23-14-8-4-3-7-13(14)19-24(21,22)15-9-5-2-6-12(15)17/h2-11,19H,1H3. The van der Waals surface area contributed by atoms with E-state index in [0.29, 0.717) is 5.69 Å². The largest absolute Gasteiger partial charge is 0.329 e. The van der Waals surface area contributed by atoms with Gasteiger partial charge in [-0.1, -0.05) is 35.9 Å². The zero-order chi connectivity index (χ0) is 17.2. The molecule has 0 saturated heterocycles. The summed E-state index contributed by atoms with van der Waals surface area (Å²) < 4.78 is 29.7. The van der Waals surface area contributed by atoms with Gasteiger partial charge in [-0.2, -0.15) is 0 Å². The van der Waals surface area contributed by atoms with Gasteiger partial charge in [0, 0.05) is 24.3 Å². The summed E-state index contributed by atoms with van der Waals surface area (Å²) in [5.74, 6) is 0. The lowest BCUT2D eigenvalue weighted by Gasteiger charge is -2.13. The second-order valence-corrected chi connectivity index (χ2v) is 8.02. The molecule has 1 aromatic heterocycles. The average molecular weight is 380 g/mol. The maximum absolute atomic E-state index is 12.6. The van der Waals surface area contributed by atoms with Crippen molar-refractivity contribution in [1.82, 2.24) is 9.55 Å². The maximum Gasteiger partial charge on any atom is 0.263 e. The summed E-state index contributed by atoms with van der Waals surface area (Å²) in [6.07, 6.45) is 3.53. The first-order chi connectivity index (χ1) is 11.5. The Labute approximate surface area is 149 Å². The van der Waals surface area contributed by atoms with Crippen molar-refractivity contribution in [3.63, 3.8) is 0 Å². The first kappa shape index (κ1) is 16.9. The molecule has 8 heteroatoms. The Bertz CT molecular complexity index is 971. The molecule has 0 fully saturated rings. The van der Waals surface area contributed by atoms with Crippen LogP contribution in [0.1, 0.15) is 0 Å². The van der Waals surface area contributed by atoms with Crippen molar-refractivity contribution in [2.75, 3.05) is 4.72 Å². The fourth-order valence-electron chi connectivity index (χ4n) is 2.05. The molecule has 0 atom stereocenters. The number of halogens is 1. The number of hydrogen-bond acceptors (Lipinski definition) is 4. The van der Waals surface area contributed by atoms with E-state index in [1.807, 2.05) is 29.9 Å². The van der Waals surface area contributed by atoms with E-state index >= 15 is 0 Å². The van der Waals surface area contributed by atoms with Crippen LogP contribution in [0.25, 0.3) is 0 Å². The van der Waals surface area contributed by atoms with E-state index < -0.39 is 10.0 Å². The number of rotatable bonds is 5. The average Bonchev–Trinajstić information content (AvgIpc) is 2.94. The Kier molecular flexibility index (Phi) is 4.84. The van der Waals surface area contributed by atoms with Crippen LogP contribution in [-0.2, 0) is 17.1 Å². The highest BCUT2D eigenvalue weighted by Crippen LogP contribution is 2.34. The number of aryl methyl sites for hydroxylation is 1. The minimum atomic E-state index is -3.78. The molecule has 0 aliphatic heterocycles. The van der Waals surface area contributed by atoms with Gasteiger partial charge >= 0.3 is 0 Å². The SMILES string of the molecule is Cn1ccnc1Sc1ccccc1NS(=O)(=O)c1ccccc1Cl. The molecule has 124 valence electrons. The van der Waals surface area contributed by atoms with E-state index in [2.05, 4.69) is 9.71 Å². The first-order valence-electron chi connectivity index (χ1n) is 6.99. The lowest BCUT2D eigenvalue weighted by Crippen LogP contribution is -2.14. The highest BCUT2D eigenvalue weighted by Gasteiger charge is 2.19. The van der Waals surface area contributed by atoms with Gasteiger partial charge in [-0.25, -0.2) is 13.4 Å². The summed E-state index contributed by atoms with van der Waals surface area (Å²) >= 11 is 7.39. The van der Waals surface area contributed by atoms with E-state index in [4.69, 9.17) is 11.6 Å². The summed E-state index contributed by atoms with van der Waals surface area (Å²) in [7, 11) is -1.90. The minimum absolute atomic E-state index is 0.0449. The number of aromatic nitrogens is 2. The number of nitrogens with zero attached hydrogens (tertiary/aromatic N) is 2. The predicted molar refractivity (Wildman–Crippen MR) is 96.0 cm³/mol. The molecule has 0 radical (unpaired) electrons. The van der Waals surface area contributed by atoms with Crippen LogP contribution in [-0.4, -0.2) is 18.0 Å². The van der Waals surface area contributed by atoms with E-state index in [1.54, 1.807) is 36.5 Å². The third-order valence-electron chi connectivity index (χ3n) is 3.24. The normalized spacial score (nSPS) is 11.4. The van der Waals surface area contributed by atoms with Crippen molar-refractivity contribution >= 4 is 39.1 Å². The molecule has 3 rings (SSSR count). The smallest absolute Gasteiger partial charge is 0.263 e. The second kappa shape index (κ2) is 6.88. The number of anilines is 1. The van der Waals surface area contributed by atoms with Crippen LogP contribution in [0.15, 0.2) is 75.9 Å². The molecule has 24 heavy (non-hydrogen) atoms. The maximum atomic E-state index is 12.6. The van der Waals surface area contributed by atoms with Crippen molar-refractivity contribution in [1.29, 1.82) is 0 Å². The van der Waals surface area contributed by atoms with Crippen LogP contribution in [0.4, 0.5) is 5.69 Å². The van der Waals surface area contributed by atoms with Crippen LogP contribution in [0.2, 0.25) is 5.02 Å². The molecule has 0 aliphatic rings. The number of benzene rings is 2. The molecule has 2 aromatic carbocycles. The number of hydrogen-bond donors (Lipinski definition) is 1. The number of imidazole rings is 1. The third kappa shape index (κ3) is 3.58. The Morgan fingerprint density at radius 2 is 1.83 bits per heavy atom. The van der Waals surface area contributed by atoms with Gasteiger partial charge in [0.05, 0.1) is 10.7 Å². The Morgan fingerprint density at radius 1 is 1.12 bits per heavy atom. The molecule has 0 spiro atoms. The molecule has 0 bridgehead atoms.